The summed E-state index contributed by atoms with van der Waals surface area (Å²) in [6.45, 7) is 5.49. The molecule has 0 aliphatic carbocycles. The highest BCUT2D eigenvalue weighted by Crippen LogP contribution is 2.23. The highest BCUT2D eigenvalue weighted by molar-refractivity contribution is 7.18. The number of nitrogens with zero attached hydrogens (tertiary/aromatic N) is 2. The Morgan fingerprint density at radius 3 is 2.70 bits per heavy atom. The first kappa shape index (κ1) is 15.7. The summed E-state index contributed by atoms with van der Waals surface area (Å²) in [5, 5.41) is 1.03. The summed E-state index contributed by atoms with van der Waals surface area (Å²) in [4.78, 5) is 19.3. The average Bonchev–Trinajstić information content (AvgIpc) is 2.94. The molecule has 23 heavy (non-hydrogen) atoms. The second-order valence-corrected chi connectivity index (χ2v) is 6.86. The number of fused-ring (bicyclic) bond motifs is 1. The molecule has 3 nitrogen and oxygen atoms in total. The molecular formula is C19H20N2OS. The summed E-state index contributed by atoms with van der Waals surface area (Å²) < 4.78 is 1.07. The Morgan fingerprint density at radius 2 is 1.96 bits per heavy atom. The molecule has 3 aromatic rings. The molecule has 1 aromatic heterocycles. The van der Waals surface area contributed by atoms with Gasteiger partial charge >= 0.3 is 0 Å². The van der Waals surface area contributed by atoms with Gasteiger partial charge in [-0.15, -0.1) is 11.3 Å². The molecule has 0 radical (unpaired) electrons. The van der Waals surface area contributed by atoms with Gasteiger partial charge in [0.2, 0.25) is 0 Å². The van der Waals surface area contributed by atoms with E-state index in [9.17, 15) is 4.79 Å². The topological polar surface area (TPSA) is 33.2 Å². The molecule has 118 valence electrons. The maximum atomic E-state index is 12.9. The van der Waals surface area contributed by atoms with Gasteiger partial charge in [-0.05, 0) is 37.1 Å². The van der Waals surface area contributed by atoms with Crippen LogP contribution in [-0.4, -0.2) is 22.3 Å². The van der Waals surface area contributed by atoms with Crippen LogP contribution in [0.3, 0.4) is 0 Å². The van der Waals surface area contributed by atoms with E-state index in [0.717, 1.165) is 39.3 Å². The monoisotopic (exact) mass is 324 g/mol. The van der Waals surface area contributed by atoms with Gasteiger partial charge in [0.1, 0.15) is 0 Å². The minimum absolute atomic E-state index is 0.0867. The van der Waals surface area contributed by atoms with E-state index < -0.39 is 0 Å². The standard InChI is InChI=1S/C19H20N2OS/c1-3-11-21(13-15-7-5-4-6-8-15)19(22)16-9-10-17-18(12-16)23-14(2)20-17/h4-10,12H,3,11,13H2,1-2H3. The molecule has 1 amide bonds. The van der Waals surface area contributed by atoms with Crippen molar-refractivity contribution in [1.82, 2.24) is 9.88 Å². The Balaban J connectivity index is 1.86. The lowest BCUT2D eigenvalue weighted by atomic mass is 10.1. The Labute approximate surface area is 140 Å². The second-order valence-electron chi connectivity index (χ2n) is 5.63. The van der Waals surface area contributed by atoms with Crippen molar-refractivity contribution in [2.75, 3.05) is 6.54 Å². The van der Waals surface area contributed by atoms with Gasteiger partial charge in [-0.25, -0.2) is 4.98 Å². The summed E-state index contributed by atoms with van der Waals surface area (Å²) in [5.74, 6) is 0.0867. The van der Waals surface area contributed by atoms with Crippen LogP contribution in [0.2, 0.25) is 0 Å². The van der Waals surface area contributed by atoms with E-state index in [4.69, 9.17) is 0 Å². The van der Waals surface area contributed by atoms with Gasteiger partial charge in [0.05, 0.1) is 15.2 Å². The molecule has 0 spiro atoms. The third-order valence-electron chi connectivity index (χ3n) is 3.74. The number of aromatic nitrogens is 1. The number of amides is 1. The van der Waals surface area contributed by atoms with E-state index in [2.05, 4.69) is 24.0 Å². The number of rotatable bonds is 5. The molecule has 0 aliphatic heterocycles. The molecule has 0 saturated heterocycles. The number of benzene rings is 2. The predicted molar refractivity (Wildman–Crippen MR) is 95.8 cm³/mol. The van der Waals surface area contributed by atoms with Crippen LogP contribution in [0.25, 0.3) is 10.2 Å². The molecule has 0 unspecified atom stereocenters. The number of hydrogen-bond acceptors (Lipinski definition) is 3. The smallest absolute Gasteiger partial charge is 0.254 e. The van der Waals surface area contributed by atoms with Crippen LogP contribution >= 0.6 is 11.3 Å². The zero-order chi connectivity index (χ0) is 16.2. The summed E-state index contributed by atoms with van der Waals surface area (Å²) in [6.07, 6.45) is 0.945. The minimum Gasteiger partial charge on any atom is -0.334 e. The second kappa shape index (κ2) is 6.92. The zero-order valence-electron chi connectivity index (χ0n) is 13.5. The first-order chi connectivity index (χ1) is 11.2. The molecular weight excluding hydrogens is 304 g/mol. The number of thiazole rings is 1. The van der Waals surface area contributed by atoms with Crippen LogP contribution in [0.15, 0.2) is 48.5 Å². The number of aryl methyl sites for hydroxylation is 1. The summed E-state index contributed by atoms with van der Waals surface area (Å²) in [7, 11) is 0. The fourth-order valence-corrected chi connectivity index (χ4v) is 3.55. The van der Waals surface area contributed by atoms with Crippen molar-refractivity contribution in [2.24, 2.45) is 0 Å². The van der Waals surface area contributed by atoms with Crippen molar-refractivity contribution >= 4 is 27.5 Å². The van der Waals surface area contributed by atoms with Crippen molar-refractivity contribution in [3.63, 3.8) is 0 Å². The molecule has 2 aromatic carbocycles. The Kier molecular flexibility index (Phi) is 4.72. The average molecular weight is 324 g/mol. The number of carbonyl (C=O) groups is 1. The van der Waals surface area contributed by atoms with Gasteiger partial charge < -0.3 is 4.90 Å². The Morgan fingerprint density at radius 1 is 1.17 bits per heavy atom. The molecule has 0 atom stereocenters. The number of carbonyl (C=O) groups excluding carboxylic acids is 1. The van der Waals surface area contributed by atoms with Crippen LogP contribution in [0, 0.1) is 6.92 Å². The van der Waals surface area contributed by atoms with Crippen LogP contribution in [0.5, 0.6) is 0 Å². The lowest BCUT2D eigenvalue weighted by molar-refractivity contribution is 0.0743. The zero-order valence-corrected chi connectivity index (χ0v) is 14.3. The SMILES string of the molecule is CCCN(Cc1ccccc1)C(=O)c1ccc2nc(C)sc2c1. The highest BCUT2D eigenvalue weighted by atomic mass is 32.1. The fraction of sp³-hybridized carbons (Fsp3) is 0.263. The Bertz CT molecular complexity index is 811. The van der Waals surface area contributed by atoms with Crippen molar-refractivity contribution in [2.45, 2.75) is 26.8 Å². The third-order valence-corrected chi connectivity index (χ3v) is 4.67. The van der Waals surface area contributed by atoms with Gasteiger partial charge in [0.25, 0.3) is 5.91 Å². The van der Waals surface area contributed by atoms with Crippen LogP contribution in [0.1, 0.15) is 34.3 Å². The molecule has 3 rings (SSSR count). The van der Waals surface area contributed by atoms with Gasteiger partial charge in [0.15, 0.2) is 0 Å². The van der Waals surface area contributed by atoms with Crippen molar-refractivity contribution in [3.8, 4) is 0 Å². The van der Waals surface area contributed by atoms with Crippen molar-refractivity contribution in [3.05, 3.63) is 64.7 Å². The van der Waals surface area contributed by atoms with E-state index in [-0.39, 0.29) is 5.91 Å². The summed E-state index contributed by atoms with van der Waals surface area (Å²) in [5.41, 5.74) is 2.86. The summed E-state index contributed by atoms with van der Waals surface area (Å²) in [6, 6.07) is 15.9. The maximum Gasteiger partial charge on any atom is 0.254 e. The molecule has 0 saturated carbocycles. The predicted octanol–water partition coefficient (Wildman–Crippen LogP) is 4.66. The molecule has 0 fully saturated rings. The van der Waals surface area contributed by atoms with Gasteiger partial charge in [-0.3, -0.25) is 4.79 Å². The van der Waals surface area contributed by atoms with E-state index in [1.165, 1.54) is 0 Å². The quantitative estimate of drug-likeness (QED) is 0.684. The van der Waals surface area contributed by atoms with Gasteiger partial charge in [-0.1, -0.05) is 37.3 Å². The van der Waals surface area contributed by atoms with Crippen molar-refractivity contribution < 1.29 is 4.79 Å². The molecule has 1 heterocycles. The fourth-order valence-electron chi connectivity index (χ4n) is 2.68. The van der Waals surface area contributed by atoms with E-state index in [1.54, 1.807) is 11.3 Å². The highest BCUT2D eigenvalue weighted by Gasteiger charge is 2.16. The van der Waals surface area contributed by atoms with Crippen LogP contribution in [0.4, 0.5) is 0 Å². The van der Waals surface area contributed by atoms with Gasteiger partial charge in [0, 0.05) is 18.7 Å². The number of hydrogen-bond donors (Lipinski definition) is 0. The maximum absolute atomic E-state index is 12.9. The summed E-state index contributed by atoms with van der Waals surface area (Å²) >= 11 is 1.63. The van der Waals surface area contributed by atoms with Crippen LogP contribution in [-0.2, 0) is 6.54 Å². The largest absolute Gasteiger partial charge is 0.334 e. The molecule has 0 N–H and O–H groups in total. The lowest BCUT2D eigenvalue weighted by Gasteiger charge is -2.22. The van der Waals surface area contributed by atoms with E-state index in [1.807, 2.05) is 48.2 Å². The third kappa shape index (κ3) is 3.59. The minimum atomic E-state index is 0.0867. The first-order valence-electron chi connectivity index (χ1n) is 7.88. The van der Waals surface area contributed by atoms with E-state index in [0.29, 0.717) is 6.54 Å². The Hall–Kier alpha value is -2.20. The normalized spacial score (nSPS) is 10.9. The first-order valence-corrected chi connectivity index (χ1v) is 8.69. The van der Waals surface area contributed by atoms with Gasteiger partial charge in [-0.2, -0.15) is 0 Å². The molecule has 0 bridgehead atoms. The van der Waals surface area contributed by atoms with E-state index >= 15 is 0 Å². The lowest BCUT2D eigenvalue weighted by Crippen LogP contribution is -2.31. The molecule has 0 aliphatic rings. The molecule has 4 heteroatoms. The van der Waals surface area contributed by atoms with Crippen LogP contribution < -0.4 is 0 Å². The van der Waals surface area contributed by atoms with Crippen molar-refractivity contribution in [1.29, 1.82) is 0 Å².